The summed E-state index contributed by atoms with van der Waals surface area (Å²) in [7, 11) is 0. The second-order valence-corrected chi connectivity index (χ2v) is 3.12. The number of carboxylic acid groups (broad SMARTS) is 1. The molecule has 0 aliphatic carbocycles. The molecule has 1 amide bonds. The maximum absolute atomic E-state index is 10.6. The van der Waals surface area contributed by atoms with E-state index in [4.69, 9.17) is 9.63 Å². The molecule has 6 nitrogen and oxygen atoms in total. The number of aryl methyl sites for hydroxylation is 1. The fraction of sp³-hybridized carbons (Fsp3) is 0.100. The van der Waals surface area contributed by atoms with Crippen molar-refractivity contribution in [3.05, 3.63) is 30.1 Å². The standard InChI is InChI=1S/C10H9N3O3/c1-6-11-9(16-13-6)7-4-2-3-5-8(7)12-10(14)15/h2-5,12H,1H3,(H,14,15). The predicted molar refractivity (Wildman–Crippen MR) is 56.1 cm³/mol. The minimum atomic E-state index is -1.14. The molecule has 82 valence electrons. The first kappa shape index (κ1) is 10.2. The molecule has 0 spiro atoms. The summed E-state index contributed by atoms with van der Waals surface area (Å²) in [6, 6.07) is 6.82. The van der Waals surface area contributed by atoms with E-state index >= 15 is 0 Å². The van der Waals surface area contributed by atoms with Crippen LogP contribution in [0.1, 0.15) is 5.82 Å². The van der Waals surface area contributed by atoms with Gasteiger partial charge in [-0.2, -0.15) is 4.98 Å². The Morgan fingerprint density at radius 1 is 1.44 bits per heavy atom. The monoisotopic (exact) mass is 219 g/mol. The van der Waals surface area contributed by atoms with Crippen LogP contribution in [-0.4, -0.2) is 21.3 Å². The van der Waals surface area contributed by atoms with Gasteiger partial charge >= 0.3 is 6.09 Å². The number of aromatic nitrogens is 2. The van der Waals surface area contributed by atoms with Gasteiger partial charge in [0.2, 0.25) is 0 Å². The van der Waals surface area contributed by atoms with Crippen molar-refractivity contribution in [2.45, 2.75) is 6.92 Å². The molecule has 0 saturated carbocycles. The number of hydrogen-bond donors (Lipinski definition) is 2. The average Bonchev–Trinajstić information content (AvgIpc) is 2.65. The Labute approximate surface area is 90.9 Å². The Morgan fingerprint density at radius 3 is 2.81 bits per heavy atom. The first-order valence-electron chi connectivity index (χ1n) is 4.56. The largest absolute Gasteiger partial charge is 0.465 e. The summed E-state index contributed by atoms with van der Waals surface area (Å²) in [5.74, 6) is 0.793. The minimum absolute atomic E-state index is 0.293. The highest BCUT2D eigenvalue weighted by Crippen LogP contribution is 2.25. The number of anilines is 1. The van der Waals surface area contributed by atoms with Gasteiger partial charge in [-0.1, -0.05) is 17.3 Å². The van der Waals surface area contributed by atoms with E-state index in [1.807, 2.05) is 0 Å². The van der Waals surface area contributed by atoms with Crippen molar-refractivity contribution < 1.29 is 14.4 Å². The molecule has 1 aromatic carbocycles. The minimum Gasteiger partial charge on any atom is -0.465 e. The van der Waals surface area contributed by atoms with Crippen molar-refractivity contribution in [1.82, 2.24) is 10.1 Å². The van der Waals surface area contributed by atoms with Gasteiger partial charge in [0.25, 0.3) is 5.89 Å². The zero-order valence-electron chi connectivity index (χ0n) is 8.47. The van der Waals surface area contributed by atoms with Crippen molar-refractivity contribution in [2.24, 2.45) is 0 Å². The molecule has 16 heavy (non-hydrogen) atoms. The van der Waals surface area contributed by atoms with Gasteiger partial charge in [0.15, 0.2) is 5.82 Å². The number of rotatable bonds is 2. The van der Waals surface area contributed by atoms with Crippen molar-refractivity contribution in [3.8, 4) is 11.5 Å². The second kappa shape index (κ2) is 4.01. The van der Waals surface area contributed by atoms with Gasteiger partial charge in [0, 0.05) is 0 Å². The number of carbonyl (C=O) groups is 1. The van der Waals surface area contributed by atoms with Crippen LogP contribution in [0.25, 0.3) is 11.5 Å². The van der Waals surface area contributed by atoms with Crippen LogP contribution in [0.15, 0.2) is 28.8 Å². The maximum Gasteiger partial charge on any atom is 0.409 e. The lowest BCUT2D eigenvalue weighted by Gasteiger charge is -2.04. The molecule has 2 aromatic rings. The number of amides is 1. The van der Waals surface area contributed by atoms with Crippen LogP contribution in [0, 0.1) is 6.92 Å². The second-order valence-electron chi connectivity index (χ2n) is 3.12. The molecule has 1 heterocycles. The van der Waals surface area contributed by atoms with Gasteiger partial charge < -0.3 is 9.63 Å². The van der Waals surface area contributed by atoms with Crippen LogP contribution in [-0.2, 0) is 0 Å². The summed E-state index contributed by atoms with van der Waals surface area (Å²) in [5.41, 5.74) is 0.976. The summed E-state index contributed by atoms with van der Waals surface area (Å²) in [5, 5.41) is 14.6. The Bertz CT molecular complexity index is 522. The van der Waals surface area contributed by atoms with Crippen LogP contribution in [0.3, 0.4) is 0 Å². The van der Waals surface area contributed by atoms with Crippen LogP contribution < -0.4 is 5.32 Å². The average molecular weight is 219 g/mol. The highest BCUT2D eigenvalue weighted by atomic mass is 16.5. The number of hydrogen-bond acceptors (Lipinski definition) is 4. The van der Waals surface area contributed by atoms with Gasteiger partial charge in [0.05, 0.1) is 11.3 Å². The third-order valence-corrected chi connectivity index (χ3v) is 1.93. The highest BCUT2D eigenvalue weighted by molar-refractivity contribution is 5.88. The first-order chi connectivity index (χ1) is 7.66. The molecule has 0 radical (unpaired) electrons. The van der Waals surface area contributed by atoms with Crippen LogP contribution in [0.5, 0.6) is 0 Å². The van der Waals surface area contributed by atoms with Crippen molar-refractivity contribution in [3.63, 3.8) is 0 Å². The predicted octanol–water partition coefficient (Wildman–Crippen LogP) is 2.13. The lowest BCUT2D eigenvalue weighted by atomic mass is 10.2. The molecule has 0 aliphatic rings. The summed E-state index contributed by atoms with van der Waals surface area (Å²) in [4.78, 5) is 14.6. The van der Waals surface area contributed by atoms with E-state index in [0.717, 1.165) is 0 Å². The summed E-state index contributed by atoms with van der Waals surface area (Å²) in [6.07, 6.45) is -1.14. The Hall–Kier alpha value is -2.37. The van der Waals surface area contributed by atoms with Crippen LogP contribution in [0.4, 0.5) is 10.5 Å². The Balaban J connectivity index is 2.43. The van der Waals surface area contributed by atoms with Gasteiger partial charge in [-0.25, -0.2) is 4.79 Å². The van der Waals surface area contributed by atoms with Crippen LogP contribution in [0.2, 0.25) is 0 Å². The number of nitrogens with one attached hydrogen (secondary N) is 1. The van der Waals surface area contributed by atoms with Gasteiger partial charge in [-0.3, -0.25) is 5.32 Å². The lowest BCUT2D eigenvalue weighted by molar-refractivity contribution is 0.210. The van der Waals surface area contributed by atoms with Crippen molar-refractivity contribution >= 4 is 11.8 Å². The Morgan fingerprint density at radius 2 is 2.19 bits per heavy atom. The van der Waals surface area contributed by atoms with E-state index in [9.17, 15) is 4.79 Å². The fourth-order valence-corrected chi connectivity index (χ4v) is 1.30. The fourth-order valence-electron chi connectivity index (χ4n) is 1.30. The molecule has 2 rings (SSSR count). The van der Waals surface area contributed by atoms with Gasteiger partial charge in [-0.15, -0.1) is 0 Å². The van der Waals surface area contributed by atoms with E-state index in [1.165, 1.54) is 0 Å². The molecule has 0 saturated heterocycles. The number of para-hydroxylation sites is 1. The SMILES string of the molecule is Cc1noc(-c2ccccc2NC(=O)O)n1. The van der Waals surface area contributed by atoms with Crippen LogP contribution >= 0.6 is 0 Å². The maximum atomic E-state index is 10.6. The molecule has 0 fully saturated rings. The lowest BCUT2D eigenvalue weighted by Crippen LogP contribution is -2.08. The van der Waals surface area contributed by atoms with Gasteiger partial charge in [0.1, 0.15) is 0 Å². The molecule has 2 N–H and O–H groups in total. The van der Waals surface area contributed by atoms with E-state index < -0.39 is 6.09 Å². The molecule has 6 heteroatoms. The normalized spacial score (nSPS) is 10.1. The quantitative estimate of drug-likeness (QED) is 0.807. The third kappa shape index (κ3) is 2.00. The highest BCUT2D eigenvalue weighted by Gasteiger charge is 2.12. The van der Waals surface area contributed by atoms with Crippen molar-refractivity contribution in [2.75, 3.05) is 5.32 Å². The Kier molecular flexibility index (Phi) is 2.55. The summed E-state index contributed by atoms with van der Waals surface area (Å²) in [6.45, 7) is 1.69. The molecule has 0 bridgehead atoms. The molecular formula is C10H9N3O3. The molecule has 0 aliphatic heterocycles. The number of benzene rings is 1. The van der Waals surface area contributed by atoms with E-state index in [2.05, 4.69) is 15.5 Å². The molecular weight excluding hydrogens is 210 g/mol. The number of nitrogens with zero attached hydrogens (tertiary/aromatic N) is 2. The zero-order valence-corrected chi connectivity index (χ0v) is 8.47. The first-order valence-corrected chi connectivity index (χ1v) is 4.56. The van der Waals surface area contributed by atoms with E-state index in [0.29, 0.717) is 23.0 Å². The summed E-state index contributed by atoms with van der Waals surface area (Å²) < 4.78 is 4.98. The van der Waals surface area contributed by atoms with Gasteiger partial charge in [-0.05, 0) is 19.1 Å². The third-order valence-electron chi connectivity index (χ3n) is 1.93. The molecule has 0 atom stereocenters. The zero-order chi connectivity index (χ0) is 11.5. The smallest absolute Gasteiger partial charge is 0.409 e. The van der Waals surface area contributed by atoms with Crippen molar-refractivity contribution in [1.29, 1.82) is 0 Å². The van der Waals surface area contributed by atoms with E-state index in [-0.39, 0.29) is 0 Å². The molecule has 0 unspecified atom stereocenters. The van der Waals surface area contributed by atoms with E-state index in [1.54, 1.807) is 31.2 Å². The molecule has 1 aromatic heterocycles. The summed E-state index contributed by atoms with van der Waals surface area (Å²) >= 11 is 0. The topological polar surface area (TPSA) is 88.2 Å².